The lowest BCUT2D eigenvalue weighted by Crippen LogP contribution is -2.22. The van der Waals surface area contributed by atoms with Crippen LogP contribution in [0, 0.1) is 6.92 Å². The Labute approximate surface area is 202 Å². The van der Waals surface area contributed by atoms with Crippen LogP contribution in [0.1, 0.15) is 17.7 Å². The van der Waals surface area contributed by atoms with E-state index in [2.05, 4.69) is 14.9 Å². The molecule has 0 spiro atoms. The molecule has 2 aromatic carbocycles. The first-order valence-electron chi connectivity index (χ1n) is 11.4. The number of nitrogens with zero attached hydrogens (tertiary/aromatic N) is 3. The summed E-state index contributed by atoms with van der Waals surface area (Å²) >= 11 is 0. The lowest BCUT2D eigenvalue weighted by molar-refractivity contribution is -0.136. The number of carboxylic acids is 1. The zero-order chi connectivity index (χ0) is 24.4. The number of aromatic nitrogens is 3. The minimum Gasteiger partial charge on any atom is -0.494 e. The molecule has 4 aromatic rings. The lowest BCUT2D eigenvalue weighted by Gasteiger charge is -2.20. The number of aliphatic carboxylic acids is 1. The van der Waals surface area contributed by atoms with Crippen LogP contribution in [0.15, 0.2) is 48.7 Å². The molecule has 9 nitrogen and oxygen atoms in total. The second-order valence-electron chi connectivity index (χ2n) is 8.51. The van der Waals surface area contributed by atoms with Crippen molar-refractivity contribution in [1.29, 1.82) is 0 Å². The van der Waals surface area contributed by atoms with Gasteiger partial charge in [-0.1, -0.05) is 0 Å². The minimum atomic E-state index is -0.862. The third-order valence-corrected chi connectivity index (χ3v) is 5.83. The summed E-state index contributed by atoms with van der Waals surface area (Å²) in [6, 6.07) is 13.3. The average molecular weight is 475 g/mol. The van der Waals surface area contributed by atoms with Crippen LogP contribution in [-0.2, 0) is 11.2 Å². The van der Waals surface area contributed by atoms with Crippen LogP contribution in [0.2, 0.25) is 0 Å². The lowest BCUT2D eigenvalue weighted by atomic mass is 10.2. The Balaban J connectivity index is 1.19. The number of rotatable bonds is 9. The summed E-state index contributed by atoms with van der Waals surface area (Å²) in [5, 5.41) is 9.91. The van der Waals surface area contributed by atoms with Crippen molar-refractivity contribution in [1.82, 2.24) is 15.0 Å². The molecule has 180 valence electrons. The quantitative estimate of drug-likeness (QED) is 0.348. The van der Waals surface area contributed by atoms with Gasteiger partial charge in [0.2, 0.25) is 6.79 Å². The third-order valence-electron chi connectivity index (χ3n) is 5.83. The van der Waals surface area contributed by atoms with Gasteiger partial charge in [-0.3, -0.25) is 4.79 Å². The number of hydrogen-bond donors (Lipinski definition) is 2. The van der Waals surface area contributed by atoms with Crippen molar-refractivity contribution >= 4 is 22.7 Å². The molecule has 2 aromatic heterocycles. The number of carbonyl (C=O) groups is 1. The molecule has 0 unspecified atom stereocenters. The molecule has 0 bridgehead atoms. The first-order chi connectivity index (χ1) is 17.0. The van der Waals surface area contributed by atoms with Gasteiger partial charge in [0.05, 0.1) is 13.0 Å². The number of anilines is 1. The SMILES string of the molecule is Cc1cnc(-c2ccc3c(c2)OCO3)nc1N(C)CCCOc1ccc2[nH]c(CC(=O)O)cc2c1. The van der Waals surface area contributed by atoms with Crippen LogP contribution in [0.4, 0.5) is 5.82 Å². The second-order valence-corrected chi connectivity index (χ2v) is 8.51. The fraction of sp³-hybridized carbons (Fsp3) is 0.269. The Kier molecular flexibility index (Phi) is 6.13. The highest BCUT2D eigenvalue weighted by molar-refractivity contribution is 5.83. The van der Waals surface area contributed by atoms with Crippen molar-refractivity contribution in [3.63, 3.8) is 0 Å². The van der Waals surface area contributed by atoms with E-state index in [1.54, 1.807) is 0 Å². The maximum Gasteiger partial charge on any atom is 0.309 e. The smallest absolute Gasteiger partial charge is 0.309 e. The molecule has 0 saturated carbocycles. The zero-order valence-corrected chi connectivity index (χ0v) is 19.6. The molecule has 0 saturated heterocycles. The van der Waals surface area contributed by atoms with Crippen LogP contribution in [-0.4, -0.2) is 53.0 Å². The standard InChI is InChI=1S/C26H26N4O5/c1-16-14-27-25(17-4-7-22-23(12-17)35-15-34-22)29-26(16)30(2)8-3-9-33-20-5-6-21-18(11-20)10-19(28-21)13-24(31)32/h4-7,10-12,14,28H,3,8-9,13,15H2,1-2H3,(H,31,32). The molecule has 1 aliphatic rings. The van der Waals surface area contributed by atoms with Gasteiger partial charge in [-0.2, -0.15) is 0 Å². The largest absolute Gasteiger partial charge is 0.494 e. The van der Waals surface area contributed by atoms with E-state index in [0.29, 0.717) is 23.9 Å². The van der Waals surface area contributed by atoms with E-state index in [9.17, 15) is 4.79 Å². The van der Waals surface area contributed by atoms with Crippen molar-refractivity contribution < 1.29 is 24.1 Å². The summed E-state index contributed by atoms with van der Waals surface area (Å²) in [6.07, 6.45) is 2.60. The maximum absolute atomic E-state index is 10.9. The summed E-state index contributed by atoms with van der Waals surface area (Å²) in [5.41, 5.74) is 3.43. The molecule has 0 amide bonds. The van der Waals surface area contributed by atoms with Gasteiger partial charge in [-0.25, -0.2) is 9.97 Å². The summed E-state index contributed by atoms with van der Waals surface area (Å²) < 4.78 is 16.8. The minimum absolute atomic E-state index is 0.0317. The summed E-state index contributed by atoms with van der Waals surface area (Å²) in [5.74, 6) is 2.83. The van der Waals surface area contributed by atoms with E-state index in [-0.39, 0.29) is 13.2 Å². The predicted octanol–water partition coefficient (Wildman–Crippen LogP) is 4.19. The topological polar surface area (TPSA) is 110 Å². The maximum atomic E-state index is 10.9. The first kappa shape index (κ1) is 22.5. The van der Waals surface area contributed by atoms with Gasteiger partial charge >= 0.3 is 5.97 Å². The van der Waals surface area contributed by atoms with Crippen LogP contribution < -0.4 is 19.1 Å². The number of nitrogens with one attached hydrogen (secondary N) is 1. The molecule has 2 N–H and O–H groups in total. The van der Waals surface area contributed by atoms with Gasteiger partial charge in [0.15, 0.2) is 17.3 Å². The molecule has 9 heteroatoms. The van der Waals surface area contributed by atoms with E-state index >= 15 is 0 Å². The number of aryl methyl sites for hydroxylation is 1. The number of hydrogen-bond acceptors (Lipinski definition) is 7. The predicted molar refractivity (Wildman–Crippen MR) is 131 cm³/mol. The zero-order valence-electron chi connectivity index (χ0n) is 19.6. The molecule has 5 rings (SSSR count). The van der Waals surface area contributed by atoms with Gasteiger partial charge in [-0.15, -0.1) is 0 Å². The van der Waals surface area contributed by atoms with Gasteiger partial charge in [0.25, 0.3) is 0 Å². The van der Waals surface area contributed by atoms with Crippen LogP contribution in [0.25, 0.3) is 22.3 Å². The van der Waals surface area contributed by atoms with Gasteiger partial charge in [0, 0.05) is 47.5 Å². The molecule has 35 heavy (non-hydrogen) atoms. The molecular formula is C26H26N4O5. The molecule has 0 radical (unpaired) electrons. The Bertz CT molecular complexity index is 1380. The highest BCUT2D eigenvalue weighted by atomic mass is 16.7. The Morgan fingerprint density at radius 3 is 2.89 bits per heavy atom. The molecule has 0 fully saturated rings. The highest BCUT2D eigenvalue weighted by Gasteiger charge is 2.16. The fourth-order valence-electron chi connectivity index (χ4n) is 4.11. The highest BCUT2D eigenvalue weighted by Crippen LogP contribution is 2.35. The summed E-state index contributed by atoms with van der Waals surface area (Å²) in [4.78, 5) is 25.4. The summed E-state index contributed by atoms with van der Waals surface area (Å²) in [7, 11) is 2.01. The first-order valence-corrected chi connectivity index (χ1v) is 11.4. The van der Waals surface area contributed by atoms with Crippen molar-refractivity contribution in [3.8, 4) is 28.6 Å². The van der Waals surface area contributed by atoms with E-state index in [0.717, 1.165) is 52.3 Å². The number of ether oxygens (including phenoxy) is 3. The van der Waals surface area contributed by atoms with E-state index in [1.165, 1.54) is 0 Å². The Morgan fingerprint density at radius 1 is 1.17 bits per heavy atom. The number of H-pyrrole nitrogens is 1. The second kappa shape index (κ2) is 9.54. The van der Waals surface area contributed by atoms with Crippen molar-refractivity contribution in [2.24, 2.45) is 0 Å². The molecule has 0 atom stereocenters. The summed E-state index contributed by atoms with van der Waals surface area (Å²) in [6.45, 7) is 3.53. The van der Waals surface area contributed by atoms with Crippen LogP contribution in [0.3, 0.4) is 0 Å². The van der Waals surface area contributed by atoms with Gasteiger partial charge < -0.3 is 29.2 Å². The van der Waals surface area contributed by atoms with Crippen molar-refractivity contribution in [2.75, 3.05) is 31.9 Å². The third kappa shape index (κ3) is 4.98. The van der Waals surface area contributed by atoms with Crippen molar-refractivity contribution in [2.45, 2.75) is 19.8 Å². The number of carboxylic acid groups (broad SMARTS) is 1. The Hall–Kier alpha value is -4.27. The van der Waals surface area contributed by atoms with E-state index < -0.39 is 5.97 Å². The van der Waals surface area contributed by atoms with Gasteiger partial charge in [0.1, 0.15) is 11.6 Å². The van der Waals surface area contributed by atoms with Crippen LogP contribution >= 0.6 is 0 Å². The number of benzene rings is 2. The normalized spacial score (nSPS) is 12.2. The molecule has 0 aliphatic carbocycles. The van der Waals surface area contributed by atoms with E-state index in [4.69, 9.17) is 24.3 Å². The van der Waals surface area contributed by atoms with E-state index in [1.807, 2.05) is 62.6 Å². The number of fused-ring (bicyclic) bond motifs is 2. The van der Waals surface area contributed by atoms with Crippen molar-refractivity contribution in [3.05, 3.63) is 59.9 Å². The molecule has 1 aliphatic heterocycles. The molecular weight excluding hydrogens is 448 g/mol. The average Bonchev–Trinajstić information content (AvgIpc) is 3.47. The fourth-order valence-corrected chi connectivity index (χ4v) is 4.11. The Morgan fingerprint density at radius 2 is 2.03 bits per heavy atom. The monoisotopic (exact) mass is 474 g/mol. The van der Waals surface area contributed by atoms with Gasteiger partial charge in [-0.05, 0) is 55.8 Å². The number of aromatic amines is 1. The van der Waals surface area contributed by atoms with Crippen LogP contribution in [0.5, 0.6) is 17.2 Å². The molecule has 3 heterocycles.